The summed E-state index contributed by atoms with van der Waals surface area (Å²) in [6.45, 7) is 1.00. The van der Waals surface area contributed by atoms with Crippen LogP contribution in [0.25, 0.3) is 0 Å². The van der Waals surface area contributed by atoms with E-state index in [-0.39, 0.29) is 16.9 Å². The molecule has 0 saturated carbocycles. The fraction of sp³-hybridized carbons (Fsp3) is 0.615. The molecule has 0 aliphatic carbocycles. The molecule has 4 rings (SSSR count). The Labute approximate surface area is 140 Å². The number of nitrogens with one attached hydrogen (secondary N) is 1. The van der Waals surface area contributed by atoms with Crippen LogP contribution in [-0.2, 0) is 4.74 Å². The van der Waals surface area contributed by atoms with E-state index in [1.807, 2.05) is 0 Å². The molecule has 4 heterocycles. The second-order valence-corrected chi connectivity index (χ2v) is 7.34. The molecule has 1 aromatic rings. The number of H-pyrrole nitrogens is 1. The van der Waals surface area contributed by atoms with Gasteiger partial charge in [-0.15, -0.1) is 0 Å². The third-order valence-electron chi connectivity index (χ3n) is 4.58. The summed E-state index contributed by atoms with van der Waals surface area (Å²) in [4.78, 5) is 25.1. The van der Waals surface area contributed by atoms with Crippen LogP contribution in [0.3, 0.4) is 0 Å². The van der Waals surface area contributed by atoms with Crippen molar-refractivity contribution in [3.8, 4) is 0 Å². The summed E-state index contributed by atoms with van der Waals surface area (Å²) >= 11 is 1.26. The number of aliphatic imine (C=N–C) groups is 1. The number of thioether (sulfide) groups is 1. The Bertz CT molecular complexity index is 768. The molecule has 24 heavy (non-hydrogen) atoms. The molecule has 1 saturated heterocycles. The summed E-state index contributed by atoms with van der Waals surface area (Å²) in [7, 11) is 0. The number of fused-ring (bicyclic) bond motifs is 3. The van der Waals surface area contributed by atoms with Crippen molar-refractivity contribution in [2.24, 2.45) is 4.99 Å². The SMILES string of the molecule is C[C@]1(O)[C@H](O)[C@@H](CO)O[C@H]1N1C=NC2Sc3c(nc(N)[nH]c3=O)C21. The summed E-state index contributed by atoms with van der Waals surface area (Å²) in [6.07, 6.45) is -1.61. The molecular formula is C13H17N5O5S. The first-order valence-corrected chi connectivity index (χ1v) is 8.26. The van der Waals surface area contributed by atoms with Crippen LogP contribution in [0.4, 0.5) is 5.95 Å². The van der Waals surface area contributed by atoms with Gasteiger partial charge in [-0.1, -0.05) is 11.8 Å². The van der Waals surface area contributed by atoms with E-state index in [2.05, 4.69) is 15.0 Å². The summed E-state index contributed by atoms with van der Waals surface area (Å²) < 4.78 is 5.64. The lowest BCUT2D eigenvalue weighted by Gasteiger charge is -2.35. The Morgan fingerprint density at radius 1 is 1.58 bits per heavy atom. The Balaban J connectivity index is 1.73. The van der Waals surface area contributed by atoms with Crippen LogP contribution in [0.5, 0.6) is 0 Å². The number of nitrogens with two attached hydrogens (primary N) is 1. The molecule has 0 bridgehead atoms. The van der Waals surface area contributed by atoms with Crippen LogP contribution in [0.2, 0.25) is 0 Å². The predicted molar refractivity (Wildman–Crippen MR) is 84.4 cm³/mol. The molecular weight excluding hydrogens is 338 g/mol. The van der Waals surface area contributed by atoms with Gasteiger partial charge in [-0.25, -0.2) is 4.98 Å². The van der Waals surface area contributed by atoms with Gasteiger partial charge in [0.05, 0.1) is 23.5 Å². The minimum Gasteiger partial charge on any atom is -0.394 e. The maximum atomic E-state index is 12.0. The van der Waals surface area contributed by atoms with Crippen LogP contribution in [0, 0.1) is 0 Å². The number of aliphatic hydroxyl groups excluding tert-OH is 2. The van der Waals surface area contributed by atoms with E-state index < -0.39 is 36.7 Å². The van der Waals surface area contributed by atoms with Crippen LogP contribution < -0.4 is 11.3 Å². The van der Waals surface area contributed by atoms with Crippen LogP contribution in [0.1, 0.15) is 18.7 Å². The average Bonchev–Trinajstić information content (AvgIpc) is 3.13. The van der Waals surface area contributed by atoms with Gasteiger partial charge >= 0.3 is 0 Å². The fourth-order valence-electron chi connectivity index (χ4n) is 3.37. The average molecular weight is 355 g/mol. The van der Waals surface area contributed by atoms with Gasteiger partial charge in [-0.2, -0.15) is 0 Å². The van der Waals surface area contributed by atoms with E-state index in [0.29, 0.717) is 10.6 Å². The monoisotopic (exact) mass is 355 g/mol. The highest BCUT2D eigenvalue weighted by molar-refractivity contribution is 8.00. The van der Waals surface area contributed by atoms with Gasteiger partial charge < -0.3 is 30.7 Å². The number of hydrogen-bond acceptors (Lipinski definition) is 10. The summed E-state index contributed by atoms with van der Waals surface area (Å²) in [6, 6.07) is -0.448. The molecule has 1 fully saturated rings. The molecule has 2 unspecified atom stereocenters. The second kappa shape index (κ2) is 5.17. The molecule has 6 N–H and O–H groups in total. The zero-order chi connectivity index (χ0) is 17.2. The highest BCUT2D eigenvalue weighted by Gasteiger charge is 2.58. The van der Waals surface area contributed by atoms with Crippen LogP contribution in [-0.4, -0.2) is 72.5 Å². The first-order valence-electron chi connectivity index (χ1n) is 7.38. The molecule has 0 radical (unpaired) electrons. The van der Waals surface area contributed by atoms with E-state index in [1.54, 1.807) is 4.90 Å². The molecule has 11 heteroatoms. The fourth-order valence-corrected chi connectivity index (χ4v) is 4.57. The topological polar surface area (TPSA) is 157 Å². The van der Waals surface area contributed by atoms with Gasteiger partial charge in [0, 0.05) is 0 Å². The molecule has 0 spiro atoms. The van der Waals surface area contributed by atoms with Gasteiger partial charge in [0.25, 0.3) is 5.56 Å². The number of nitrogens with zero attached hydrogens (tertiary/aromatic N) is 3. The molecule has 130 valence electrons. The Morgan fingerprint density at radius 3 is 3.00 bits per heavy atom. The molecule has 0 aromatic carbocycles. The number of aromatic nitrogens is 2. The van der Waals surface area contributed by atoms with Crippen molar-refractivity contribution in [2.45, 2.75) is 47.3 Å². The van der Waals surface area contributed by atoms with E-state index in [0.717, 1.165) is 0 Å². The molecule has 3 aliphatic heterocycles. The first kappa shape index (κ1) is 15.8. The van der Waals surface area contributed by atoms with Crippen molar-refractivity contribution < 1.29 is 20.1 Å². The number of aromatic amines is 1. The minimum atomic E-state index is -1.63. The highest BCUT2D eigenvalue weighted by atomic mass is 32.2. The molecule has 0 amide bonds. The second-order valence-electron chi connectivity index (χ2n) is 6.21. The van der Waals surface area contributed by atoms with Crippen molar-refractivity contribution in [2.75, 3.05) is 12.3 Å². The van der Waals surface area contributed by atoms with E-state index >= 15 is 0 Å². The lowest BCUT2D eigenvalue weighted by molar-refractivity contribution is -0.119. The summed E-state index contributed by atoms with van der Waals surface area (Å²) in [5, 5.41) is 29.8. The third-order valence-corrected chi connectivity index (χ3v) is 5.83. The van der Waals surface area contributed by atoms with Gasteiger partial charge in [-0.3, -0.25) is 14.8 Å². The Kier molecular flexibility index (Phi) is 3.41. The van der Waals surface area contributed by atoms with E-state index in [1.165, 1.54) is 25.0 Å². The zero-order valence-electron chi connectivity index (χ0n) is 12.7. The summed E-state index contributed by atoms with van der Waals surface area (Å²) in [5.41, 5.74) is 4.14. The minimum absolute atomic E-state index is 0.000722. The number of aliphatic hydroxyl groups is 3. The van der Waals surface area contributed by atoms with Crippen molar-refractivity contribution in [1.82, 2.24) is 14.9 Å². The van der Waals surface area contributed by atoms with Crippen LogP contribution in [0.15, 0.2) is 14.7 Å². The van der Waals surface area contributed by atoms with Crippen molar-refractivity contribution in [3.63, 3.8) is 0 Å². The van der Waals surface area contributed by atoms with E-state index in [9.17, 15) is 20.1 Å². The lowest BCUT2D eigenvalue weighted by Crippen LogP contribution is -2.53. The number of ether oxygens (including phenoxy) is 1. The quantitative estimate of drug-likeness (QED) is 0.404. The highest BCUT2D eigenvalue weighted by Crippen LogP contribution is 2.50. The van der Waals surface area contributed by atoms with Gasteiger partial charge in [0.15, 0.2) is 6.23 Å². The smallest absolute Gasteiger partial charge is 0.266 e. The zero-order valence-corrected chi connectivity index (χ0v) is 13.5. The van der Waals surface area contributed by atoms with Gasteiger partial charge in [-0.05, 0) is 6.92 Å². The van der Waals surface area contributed by atoms with Crippen molar-refractivity contribution in [1.29, 1.82) is 0 Å². The number of rotatable bonds is 2. The number of hydrogen-bond donors (Lipinski definition) is 5. The molecule has 6 atom stereocenters. The number of anilines is 1. The van der Waals surface area contributed by atoms with Crippen molar-refractivity contribution >= 4 is 24.0 Å². The number of nitrogen functional groups attached to an aromatic ring is 1. The van der Waals surface area contributed by atoms with Gasteiger partial charge in [0.2, 0.25) is 5.95 Å². The predicted octanol–water partition coefficient (Wildman–Crippen LogP) is -2.00. The maximum Gasteiger partial charge on any atom is 0.266 e. The summed E-state index contributed by atoms with van der Waals surface area (Å²) in [5.74, 6) is -0.000722. The van der Waals surface area contributed by atoms with Crippen LogP contribution >= 0.6 is 11.8 Å². The maximum absolute atomic E-state index is 12.0. The van der Waals surface area contributed by atoms with E-state index in [4.69, 9.17) is 10.5 Å². The molecule has 10 nitrogen and oxygen atoms in total. The molecule has 1 aromatic heterocycles. The first-order chi connectivity index (χ1) is 11.3. The van der Waals surface area contributed by atoms with Gasteiger partial charge in [0.1, 0.15) is 29.2 Å². The standard InChI is InChI=1S/C13H17N5O5S/c1-13(22)8(20)4(2-19)23-11(13)18-3-15-10-6(18)5-7(24-10)9(21)17-12(14)16-5/h3-4,6,8,10-11,19-20,22H,2H2,1H3,(H3,14,16,17,21)/t4-,6?,8-,10?,11-,13+/m1/s1. The molecule has 3 aliphatic rings. The Hall–Kier alpha value is -1.66. The largest absolute Gasteiger partial charge is 0.394 e. The normalized spacial score (nSPS) is 40.2. The van der Waals surface area contributed by atoms with Crippen molar-refractivity contribution in [3.05, 3.63) is 16.0 Å². The lowest BCUT2D eigenvalue weighted by atomic mass is 9.95. The third kappa shape index (κ3) is 2.02. The Morgan fingerprint density at radius 2 is 2.33 bits per heavy atom.